The molecule has 3 heteroatoms. The van der Waals surface area contributed by atoms with Crippen LogP contribution in [0.25, 0.3) is 0 Å². The van der Waals surface area contributed by atoms with Crippen molar-refractivity contribution < 1.29 is 78.6 Å². The van der Waals surface area contributed by atoms with Crippen molar-refractivity contribution in [3.05, 3.63) is 6.42 Å². The number of piperidine rings is 1. The van der Waals surface area contributed by atoms with Gasteiger partial charge in [0.1, 0.15) is 0 Å². The van der Waals surface area contributed by atoms with Crippen molar-refractivity contribution >= 4 is 0 Å². The summed E-state index contributed by atoms with van der Waals surface area (Å²) in [6.07, 6.45) is 4.94. The molecular weight excluding hydrogens is 382 g/mol. The van der Waals surface area contributed by atoms with Gasteiger partial charge in [0.2, 0.25) is 0 Å². The third-order valence-corrected chi connectivity index (χ3v) is 1.43. The molecule has 1 rings (SSSR count). The maximum Gasteiger partial charge on any atom is 1.00 e. The molecule has 0 aromatic carbocycles. The Morgan fingerprint density at radius 2 is 1.45 bits per heavy atom. The standard InChI is InChI=1S/C6H12N.C2H6.Rb.Re/c1-7-5-3-2-4-6-7;1-2;;/h2H,3-6H2,1H3;1-2H3;;/q-1;;+1;. The third kappa shape index (κ3) is 12.4. The maximum absolute atomic E-state index is 2.36. The van der Waals surface area contributed by atoms with Gasteiger partial charge in [-0.2, -0.15) is 12.8 Å². The molecule has 0 aromatic heterocycles. The van der Waals surface area contributed by atoms with Crippen molar-refractivity contribution in [3.8, 4) is 0 Å². The first-order valence-corrected chi connectivity index (χ1v) is 3.90. The summed E-state index contributed by atoms with van der Waals surface area (Å²) in [5.41, 5.74) is 0. The predicted molar refractivity (Wildman–Crippen MR) is 42.4 cm³/mol. The molecule has 1 aliphatic heterocycles. The van der Waals surface area contributed by atoms with E-state index in [-0.39, 0.29) is 78.6 Å². The van der Waals surface area contributed by atoms with Crippen LogP contribution in [0.4, 0.5) is 0 Å². The Bertz CT molecular complexity index is 56.1. The van der Waals surface area contributed by atoms with Crippen molar-refractivity contribution in [2.75, 3.05) is 20.1 Å². The Labute approximate surface area is 134 Å². The van der Waals surface area contributed by atoms with E-state index >= 15 is 0 Å². The first-order chi connectivity index (χ1) is 4.39. The van der Waals surface area contributed by atoms with Crippen LogP contribution >= 0.6 is 0 Å². The second-order valence-corrected chi connectivity index (χ2v) is 2.17. The zero-order chi connectivity index (χ0) is 7.11. The summed E-state index contributed by atoms with van der Waals surface area (Å²) < 4.78 is 0. The van der Waals surface area contributed by atoms with Gasteiger partial charge in [-0.25, -0.2) is 0 Å². The second-order valence-electron chi connectivity index (χ2n) is 2.17. The molecule has 0 amide bonds. The Kier molecular flexibility index (Phi) is 25.9. The number of rotatable bonds is 0. The van der Waals surface area contributed by atoms with Gasteiger partial charge < -0.3 is 11.3 Å². The van der Waals surface area contributed by atoms with Gasteiger partial charge in [-0.15, -0.1) is 0 Å². The van der Waals surface area contributed by atoms with E-state index in [1.807, 2.05) is 13.8 Å². The maximum atomic E-state index is 2.36. The normalized spacial score (nSPS) is 16.6. The van der Waals surface area contributed by atoms with Crippen molar-refractivity contribution in [2.24, 2.45) is 0 Å². The molecule has 0 aromatic rings. The van der Waals surface area contributed by atoms with Gasteiger partial charge in [0.05, 0.1) is 0 Å². The van der Waals surface area contributed by atoms with Crippen LogP contribution in [0.1, 0.15) is 26.7 Å². The average molecular weight is 400 g/mol. The number of nitrogens with zero attached hydrogens (tertiary/aromatic N) is 1. The quantitative estimate of drug-likeness (QED) is 0.470. The Morgan fingerprint density at radius 1 is 1.09 bits per heavy atom. The molecule has 0 spiro atoms. The summed E-state index contributed by atoms with van der Waals surface area (Å²) in [4.78, 5) is 2.36. The Balaban J connectivity index is -0.000000149. The van der Waals surface area contributed by atoms with Gasteiger partial charge in [-0.05, 0) is 20.1 Å². The van der Waals surface area contributed by atoms with Crippen molar-refractivity contribution in [3.63, 3.8) is 0 Å². The summed E-state index contributed by atoms with van der Waals surface area (Å²) in [6.45, 7) is 6.53. The first kappa shape index (κ1) is 19.1. The molecule has 0 N–H and O–H groups in total. The zero-order valence-electron chi connectivity index (χ0n) is 8.23. The van der Waals surface area contributed by atoms with E-state index in [1.165, 1.54) is 25.9 Å². The molecule has 11 heavy (non-hydrogen) atoms. The van der Waals surface area contributed by atoms with Crippen molar-refractivity contribution in [1.29, 1.82) is 0 Å². The first-order valence-electron chi connectivity index (χ1n) is 3.90. The van der Waals surface area contributed by atoms with Gasteiger partial charge in [0, 0.05) is 20.4 Å². The molecule has 0 saturated carbocycles. The van der Waals surface area contributed by atoms with Crippen LogP contribution in [0, 0.1) is 6.42 Å². The van der Waals surface area contributed by atoms with Crippen LogP contribution in [-0.2, 0) is 20.4 Å². The fourth-order valence-corrected chi connectivity index (χ4v) is 0.879. The molecule has 0 aliphatic carbocycles. The molecule has 1 fully saturated rings. The van der Waals surface area contributed by atoms with E-state index in [4.69, 9.17) is 0 Å². The average Bonchev–Trinajstić information content (AvgIpc) is 1.94. The molecule has 0 unspecified atom stereocenters. The SMILES string of the molecule is CC.CN1CC[CH-]CC1.[Rb+].[Re]. The fraction of sp³-hybridized carbons (Fsp3) is 0.875. The predicted octanol–water partition coefficient (Wildman–Crippen LogP) is -1.06. The van der Waals surface area contributed by atoms with E-state index in [9.17, 15) is 0 Å². The second kappa shape index (κ2) is 14.9. The molecule has 63 valence electrons. The zero-order valence-corrected chi connectivity index (χ0v) is 15.9. The minimum Gasteiger partial charge on any atom is -0.326 e. The molecule has 1 heterocycles. The number of likely N-dealkylation sites (tertiary alicyclic amines) is 1. The van der Waals surface area contributed by atoms with E-state index in [0.717, 1.165) is 0 Å². The van der Waals surface area contributed by atoms with Crippen LogP contribution in [-0.4, -0.2) is 25.0 Å². The van der Waals surface area contributed by atoms with Crippen LogP contribution in [0.5, 0.6) is 0 Å². The Morgan fingerprint density at radius 3 is 1.64 bits per heavy atom. The Hall–Kier alpha value is 2.43. The van der Waals surface area contributed by atoms with E-state index < -0.39 is 0 Å². The molecule has 0 atom stereocenters. The van der Waals surface area contributed by atoms with Crippen molar-refractivity contribution in [1.82, 2.24) is 4.90 Å². The largest absolute Gasteiger partial charge is 1.00 e. The van der Waals surface area contributed by atoms with Gasteiger partial charge in [-0.1, -0.05) is 13.8 Å². The van der Waals surface area contributed by atoms with Crippen LogP contribution in [0.15, 0.2) is 0 Å². The van der Waals surface area contributed by atoms with Gasteiger partial charge >= 0.3 is 58.2 Å². The molecular formula is C8H18NRbRe. The smallest absolute Gasteiger partial charge is 0.326 e. The molecule has 1 nitrogen and oxygen atoms in total. The van der Waals surface area contributed by atoms with Crippen LogP contribution in [0.2, 0.25) is 0 Å². The third-order valence-electron chi connectivity index (χ3n) is 1.43. The molecule has 1 saturated heterocycles. The summed E-state index contributed by atoms with van der Waals surface area (Å²) in [6, 6.07) is 0. The van der Waals surface area contributed by atoms with Gasteiger partial charge in [0.15, 0.2) is 0 Å². The number of hydrogen-bond acceptors (Lipinski definition) is 1. The van der Waals surface area contributed by atoms with Crippen LogP contribution in [0.3, 0.4) is 0 Å². The molecule has 0 bridgehead atoms. The van der Waals surface area contributed by atoms with E-state index in [1.54, 1.807) is 0 Å². The molecule has 1 radical (unpaired) electrons. The summed E-state index contributed by atoms with van der Waals surface area (Å²) in [7, 11) is 2.17. The summed E-state index contributed by atoms with van der Waals surface area (Å²) in [5, 5.41) is 0. The summed E-state index contributed by atoms with van der Waals surface area (Å²) >= 11 is 0. The fourth-order valence-electron chi connectivity index (χ4n) is 0.879. The number of hydrogen-bond donors (Lipinski definition) is 0. The topological polar surface area (TPSA) is 3.24 Å². The van der Waals surface area contributed by atoms with E-state index in [2.05, 4.69) is 18.4 Å². The van der Waals surface area contributed by atoms with Crippen LogP contribution < -0.4 is 58.2 Å². The molecule has 1 aliphatic rings. The monoisotopic (exact) mass is 400 g/mol. The minimum atomic E-state index is 0. The van der Waals surface area contributed by atoms with Gasteiger partial charge in [-0.3, -0.25) is 0 Å². The minimum absolute atomic E-state index is 0. The van der Waals surface area contributed by atoms with E-state index in [0.29, 0.717) is 0 Å². The van der Waals surface area contributed by atoms with Gasteiger partial charge in [0.25, 0.3) is 0 Å². The van der Waals surface area contributed by atoms with Crippen molar-refractivity contribution in [2.45, 2.75) is 26.7 Å². The summed E-state index contributed by atoms with van der Waals surface area (Å²) in [5.74, 6) is 0.